The minimum Gasteiger partial charge on any atom is -0.494 e. The van der Waals surface area contributed by atoms with Gasteiger partial charge in [0.05, 0.1) is 11.5 Å². The van der Waals surface area contributed by atoms with Gasteiger partial charge >= 0.3 is 0 Å². The number of carbonyl (C=O) groups excluding carboxylic acids is 1. The van der Waals surface area contributed by atoms with Crippen molar-refractivity contribution in [2.24, 2.45) is 0 Å². The Kier molecular flexibility index (Phi) is 6.64. The Hall–Kier alpha value is -3.16. The number of ether oxygens (including phenoxy) is 1. The first-order valence-corrected chi connectivity index (χ1v) is 10.6. The van der Waals surface area contributed by atoms with Crippen LogP contribution in [0.1, 0.15) is 22.8 Å². The summed E-state index contributed by atoms with van der Waals surface area (Å²) in [6, 6.07) is 22.2. The molecule has 0 fully saturated rings. The van der Waals surface area contributed by atoms with E-state index >= 15 is 0 Å². The maximum Gasteiger partial charge on any atom is 0.255 e. The highest BCUT2D eigenvalue weighted by atomic mass is 32.2. The van der Waals surface area contributed by atoms with Crippen LogP contribution in [0.15, 0.2) is 83.8 Å². The van der Waals surface area contributed by atoms with Crippen LogP contribution in [0.3, 0.4) is 0 Å². The number of sulfonamides is 1. The molecule has 150 valence electrons. The number of hydrogen-bond acceptors (Lipinski definition) is 4. The molecule has 0 aliphatic carbocycles. The van der Waals surface area contributed by atoms with E-state index in [0.29, 0.717) is 23.6 Å². The Balaban J connectivity index is 1.65. The minimum atomic E-state index is -3.65. The lowest BCUT2D eigenvalue weighted by molar-refractivity contribution is 0.102. The molecule has 0 radical (unpaired) electrons. The smallest absolute Gasteiger partial charge is 0.255 e. The predicted molar refractivity (Wildman–Crippen MR) is 112 cm³/mol. The largest absolute Gasteiger partial charge is 0.494 e. The van der Waals surface area contributed by atoms with Crippen LogP contribution in [-0.2, 0) is 16.6 Å². The molecule has 0 bridgehead atoms. The van der Waals surface area contributed by atoms with Crippen LogP contribution in [0.2, 0.25) is 0 Å². The first-order valence-electron chi connectivity index (χ1n) is 9.16. The van der Waals surface area contributed by atoms with Gasteiger partial charge in [-0.25, -0.2) is 13.1 Å². The second-order valence-corrected chi connectivity index (χ2v) is 8.02. The summed E-state index contributed by atoms with van der Waals surface area (Å²) in [6.45, 7) is 2.59. The molecule has 3 rings (SSSR count). The van der Waals surface area contributed by atoms with Crippen LogP contribution < -0.4 is 14.8 Å². The molecule has 0 aromatic heterocycles. The number of nitrogens with one attached hydrogen (secondary N) is 2. The van der Waals surface area contributed by atoms with E-state index in [0.717, 1.165) is 5.56 Å². The summed E-state index contributed by atoms with van der Waals surface area (Å²) in [5.74, 6) is 0.315. The highest BCUT2D eigenvalue weighted by Crippen LogP contribution is 2.17. The molecule has 0 heterocycles. The van der Waals surface area contributed by atoms with Gasteiger partial charge in [0, 0.05) is 17.8 Å². The van der Waals surface area contributed by atoms with Gasteiger partial charge < -0.3 is 10.1 Å². The predicted octanol–water partition coefficient (Wildman–Crippen LogP) is 3.82. The minimum absolute atomic E-state index is 0.129. The van der Waals surface area contributed by atoms with Crippen molar-refractivity contribution in [3.8, 4) is 5.75 Å². The highest BCUT2D eigenvalue weighted by Gasteiger charge is 2.14. The third kappa shape index (κ3) is 5.66. The lowest BCUT2D eigenvalue weighted by atomic mass is 10.2. The van der Waals surface area contributed by atoms with E-state index in [1.165, 1.54) is 12.1 Å². The summed E-state index contributed by atoms with van der Waals surface area (Å²) in [4.78, 5) is 12.5. The molecule has 0 aliphatic rings. The number of hydrogen-bond donors (Lipinski definition) is 2. The van der Waals surface area contributed by atoms with Gasteiger partial charge in [-0.2, -0.15) is 0 Å². The van der Waals surface area contributed by atoms with E-state index in [-0.39, 0.29) is 17.3 Å². The summed E-state index contributed by atoms with van der Waals surface area (Å²) in [5, 5.41) is 2.75. The van der Waals surface area contributed by atoms with Crippen LogP contribution in [0.5, 0.6) is 5.75 Å². The van der Waals surface area contributed by atoms with E-state index < -0.39 is 10.0 Å². The lowest BCUT2D eigenvalue weighted by Gasteiger charge is -2.10. The first kappa shape index (κ1) is 20.6. The Morgan fingerprint density at radius 3 is 2.34 bits per heavy atom. The molecule has 3 aromatic rings. The molecule has 0 aliphatic heterocycles. The van der Waals surface area contributed by atoms with Gasteiger partial charge in [-0.15, -0.1) is 0 Å². The summed E-state index contributed by atoms with van der Waals surface area (Å²) in [7, 11) is -3.65. The molecule has 0 atom stereocenters. The second kappa shape index (κ2) is 9.36. The van der Waals surface area contributed by atoms with Crippen LogP contribution in [-0.4, -0.2) is 20.9 Å². The van der Waals surface area contributed by atoms with Crippen LogP contribution in [0.25, 0.3) is 0 Å². The maximum atomic E-state index is 12.4. The van der Waals surface area contributed by atoms with Crippen molar-refractivity contribution in [3.05, 3.63) is 90.0 Å². The molecule has 0 spiro atoms. The Labute approximate surface area is 170 Å². The van der Waals surface area contributed by atoms with E-state index in [1.54, 1.807) is 36.4 Å². The van der Waals surface area contributed by atoms with Crippen molar-refractivity contribution in [1.29, 1.82) is 0 Å². The van der Waals surface area contributed by atoms with Gasteiger partial charge in [0.15, 0.2) is 0 Å². The van der Waals surface area contributed by atoms with Gasteiger partial charge in [0.25, 0.3) is 5.91 Å². The van der Waals surface area contributed by atoms with Gasteiger partial charge in [-0.3, -0.25) is 4.79 Å². The Morgan fingerprint density at radius 1 is 0.931 bits per heavy atom. The summed E-state index contributed by atoms with van der Waals surface area (Å²) >= 11 is 0. The molecule has 3 aromatic carbocycles. The zero-order valence-corrected chi connectivity index (χ0v) is 16.8. The van der Waals surface area contributed by atoms with E-state index in [9.17, 15) is 13.2 Å². The first-order chi connectivity index (χ1) is 14.0. The topological polar surface area (TPSA) is 84.5 Å². The fourth-order valence-corrected chi connectivity index (χ4v) is 3.69. The number of amides is 1. The highest BCUT2D eigenvalue weighted by molar-refractivity contribution is 7.89. The van der Waals surface area contributed by atoms with E-state index in [1.807, 2.05) is 37.3 Å². The average Bonchev–Trinajstić information content (AvgIpc) is 2.74. The van der Waals surface area contributed by atoms with Gasteiger partial charge in [-0.05, 0) is 55.0 Å². The fraction of sp³-hybridized carbons (Fsp3) is 0.136. The van der Waals surface area contributed by atoms with E-state index in [4.69, 9.17) is 4.74 Å². The third-order valence-corrected chi connectivity index (χ3v) is 5.56. The Morgan fingerprint density at radius 2 is 1.66 bits per heavy atom. The molecular formula is C22H22N2O4S. The molecule has 0 saturated carbocycles. The van der Waals surface area contributed by atoms with Crippen LogP contribution in [0, 0.1) is 0 Å². The average molecular weight is 410 g/mol. The number of carbonyl (C=O) groups is 1. The van der Waals surface area contributed by atoms with Crippen molar-refractivity contribution >= 4 is 21.6 Å². The standard InChI is InChI=1S/C22H22N2O4S/c1-2-28-20-10-6-9-18(15-20)22(25)24-19-11-13-21(14-12-19)29(26,27)23-16-17-7-4-3-5-8-17/h3-15,23H,2,16H2,1H3,(H,24,25). The van der Waals surface area contributed by atoms with Crippen molar-refractivity contribution < 1.29 is 17.9 Å². The van der Waals surface area contributed by atoms with Gasteiger partial charge in [0.2, 0.25) is 10.0 Å². The molecular weight excluding hydrogens is 388 g/mol. The number of rotatable bonds is 8. The summed E-state index contributed by atoms with van der Waals surface area (Å²) < 4.78 is 32.9. The lowest BCUT2D eigenvalue weighted by Crippen LogP contribution is -2.23. The normalized spacial score (nSPS) is 11.1. The molecule has 6 nitrogen and oxygen atoms in total. The van der Waals surface area contributed by atoms with Crippen molar-refractivity contribution in [2.75, 3.05) is 11.9 Å². The number of benzene rings is 3. The zero-order chi connectivity index (χ0) is 20.7. The third-order valence-electron chi connectivity index (χ3n) is 4.14. The molecule has 2 N–H and O–H groups in total. The maximum absolute atomic E-state index is 12.4. The quantitative estimate of drug-likeness (QED) is 0.591. The number of anilines is 1. The van der Waals surface area contributed by atoms with Gasteiger partial charge in [0.1, 0.15) is 5.75 Å². The summed E-state index contributed by atoms with van der Waals surface area (Å²) in [6.07, 6.45) is 0. The molecule has 1 amide bonds. The zero-order valence-electron chi connectivity index (χ0n) is 16.0. The molecule has 7 heteroatoms. The SMILES string of the molecule is CCOc1cccc(C(=O)Nc2ccc(S(=O)(=O)NCc3ccccc3)cc2)c1. The van der Waals surface area contributed by atoms with Crippen molar-refractivity contribution in [3.63, 3.8) is 0 Å². The second-order valence-electron chi connectivity index (χ2n) is 6.25. The summed E-state index contributed by atoms with van der Waals surface area (Å²) in [5.41, 5.74) is 1.82. The van der Waals surface area contributed by atoms with Crippen LogP contribution >= 0.6 is 0 Å². The van der Waals surface area contributed by atoms with Crippen molar-refractivity contribution in [2.45, 2.75) is 18.4 Å². The van der Waals surface area contributed by atoms with Crippen molar-refractivity contribution in [1.82, 2.24) is 4.72 Å². The van der Waals surface area contributed by atoms with E-state index in [2.05, 4.69) is 10.0 Å². The monoisotopic (exact) mass is 410 g/mol. The molecule has 0 saturated heterocycles. The Bertz CT molecular complexity index is 1070. The molecule has 0 unspecified atom stereocenters. The molecule has 29 heavy (non-hydrogen) atoms. The van der Waals surface area contributed by atoms with Crippen LogP contribution in [0.4, 0.5) is 5.69 Å². The fourth-order valence-electron chi connectivity index (χ4n) is 2.67. The van der Waals surface area contributed by atoms with Gasteiger partial charge in [-0.1, -0.05) is 36.4 Å².